The van der Waals surface area contributed by atoms with Crippen molar-refractivity contribution >= 4 is 284 Å². The molecule has 0 atom stereocenters. The number of fused-ring (bicyclic) bond motifs is 34. The molecule has 0 unspecified atom stereocenters. The Morgan fingerprint density at radius 3 is 0.923 bits per heavy atom. The predicted octanol–water partition coefficient (Wildman–Crippen LogP) is 32.0. The van der Waals surface area contributed by atoms with Crippen molar-refractivity contribution < 1.29 is 29.7 Å². The fourth-order valence-electron chi connectivity index (χ4n) is 20.5. The van der Waals surface area contributed by atoms with Gasteiger partial charge in [0.1, 0.15) is 29.1 Å². The summed E-state index contributed by atoms with van der Waals surface area (Å²) in [5.41, 5.74) is 20.5. The summed E-state index contributed by atoms with van der Waals surface area (Å²) in [6.07, 6.45) is 8.01. The number of para-hydroxylation sites is 2. The second-order valence-electron chi connectivity index (χ2n) is 35.1. The number of halogens is 3. The largest absolute Gasteiger partial charge is 0.478 e. The molecule has 0 fully saturated rings. The van der Waals surface area contributed by atoms with E-state index in [0.29, 0.717) is 0 Å². The number of hydrogen-bond donors (Lipinski definition) is 12. The van der Waals surface area contributed by atoms with Gasteiger partial charge >= 0.3 is 17.9 Å². The van der Waals surface area contributed by atoms with Crippen LogP contribution in [0.5, 0.6) is 0 Å². The Labute approximate surface area is 833 Å². The summed E-state index contributed by atoms with van der Waals surface area (Å²) in [4.78, 5) is 91.9. The van der Waals surface area contributed by atoms with Crippen molar-refractivity contribution in [1.82, 2.24) is 69.8 Å². The normalized spacial score (nSPS) is 11.8. The molecular weight excluding hydrogens is 1980 g/mol. The Balaban J connectivity index is 0.0000000934. The van der Waals surface area contributed by atoms with Crippen molar-refractivity contribution in [1.29, 1.82) is 0 Å². The highest BCUT2D eigenvalue weighted by atomic mass is 79.9. The number of imidazole rings is 5. The first-order valence-corrected chi connectivity index (χ1v) is 49.4. The summed E-state index contributed by atoms with van der Waals surface area (Å²) in [6, 6.07) is 109. The summed E-state index contributed by atoms with van der Waals surface area (Å²) in [6.45, 7) is 2.04. The lowest BCUT2D eigenvalue weighted by Crippen LogP contribution is -1.95. The van der Waals surface area contributed by atoms with Crippen LogP contribution in [0.2, 0.25) is 0 Å². The molecule has 29 rings (SSSR count). The van der Waals surface area contributed by atoms with Gasteiger partial charge < -0.3 is 60.2 Å². The van der Waals surface area contributed by atoms with Crippen LogP contribution in [-0.2, 0) is 0 Å². The fraction of sp³-hybridized carbons (Fsp3) is 0.0169. The van der Waals surface area contributed by atoms with Crippen LogP contribution in [-0.4, -0.2) is 109 Å². The first kappa shape index (κ1) is 86.3. The molecule has 680 valence electrons. The minimum atomic E-state index is -0.949. The van der Waals surface area contributed by atoms with E-state index in [-0.39, 0.29) is 16.7 Å². The predicted molar refractivity (Wildman–Crippen MR) is 591 cm³/mol. The molecule has 0 radical (unpaired) electrons. The molecule has 12 N–H and O–H groups in total. The van der Waals surface area contributed by atoms with Gasteiger partial charge in [-0.05, 0) is 176 Å². The maximum Gasteiger partial charge on any atom is 0.335 e. The average Bonchev–Trinajstić information content (AvgIpc) is 1.57. The molecule has 0 aliphatic carbocycles. The van der Waals surface area contributed by atoms with E-state index in [2.05, 4.69) is 287 Å². The zero-order valence-corrected chi connectivity index (χ0v) is 80.8. The molecule has 20 nitrogen and oxygen atoms in total. The second-order valence-corrected chi connectivity index (χ2v) is 38.8. The van der Waals surface area contributed by atoms with E-state index in [1.807, 2.05) is 129 Å². The van der Waals surface area contributed by atoms with Crippen LogP contribution in [0.4, 0.5) is 0 Å². The number of nitrogens with one attached hydrogen (secondary N) is 9. The van der Waals surface area contributed by atoms with Crippen molar-refractivity contribution in [2.75, 3.05) is 6.26 Å². The average molecular weight is 2060 g/mol. The van der Waals surface area contributed by atoms with Crippen LogP contribution in [0.1, 0.15) is 36.8 Å². The lowest BCUT2D eigenvalue weighted by Gasteiger charge is -2.06. The molecule has 29 aromatic rings. The van der Waals surface area contributed by atoms with Crippen LogP contribution < -0.4 is 0 Å². The Kier molecular flexibility index (Phi) is 21.1. The van der Waals surface area contributed by atoms with Crippen LogP contribution in [0.3, 0.4) is 0 Å². The monoisotopic (exact) mass is 2050 g/mol. The van der Waals surface area contributed by atoms with E-state index in [9.17, 15) is 29.7 Å². The first-order valence-electron chi connectivity index (χ1n) is 45.8. The minimum Gasteiger partial charge on any atom is -0.478 e. The second kappa shape index (κ2) is 34.7. The summed E-state index contributed by atoms with van der Waals surface area (Å²) in [7, 11) is 0. The molecular formula is C118H75Br3N14O6S. The summed E-state index contributed by atoms with van der Waals surface area (Å²) < 4.78 is 3.10. The van der Waals surface area contributed by atoms with Crippen molar-refractivity contribution in [2.45, 2.75) is 11.8 Å². The van der Waals surface area contributed by atoms with E-state index < -0.39 is 17.9 Å². The highest BCUT2D eigenvalue weighted by Crippen LogP contribution is 2.46. The molecule has 0 aliphatic rings. The quantitative estimate of drug-likeness (QED) is 0.0474. The van der Waals surface area contributed by atoms with Gasteiger partial charge in [0.2, 0.25) is 0 Å². The Morgan fingerprint density at radius 1 is 0.254 bits per heavy atom. The van der Waals surface area contributed by atoms with Crippen LogP contribution >= 0.6 is 59.6 Å². The number of benzene rings is 20. The molecule has 0 saturated carbocycles. The molecule has 9 heterocycles. The highest BCUT2D eigenvalue weighted by molar-refractivity contribution is 9.11. The molecule has 9 aromatic heterocycles. The van der Waals surface area contributed by atoms with Gasteiger partial charge in [-0.3, -0.25) is 0 Å². The van der Waals surface area contributed by atoms with Crippen LogP contribution in [0.25, 0.3) is 263 Å². The highest BCUT2D eigenvalue weighted by Gasteiger charge is 2.26. The van der Waals surface area contributed by atoms with Gasteiger partial charge in [0, 0.05) is 168 Å². The third-order valence-electron chi connectivity index (χ3n) is 27.1. The van der Waals surface area contributed by atoms with Crippen molar-refractivity contribution in [2.24, 2.45) is 0 Å². The standard InChI is InChI=1S/C25H17N3O2.C24H14BrN3O2.C24H15N3O2.C23H13Br2N3.C22H16N2S/c1-13-21(18-8-4-5-9-20(18)26-13)24-27-22-17-7-3-2-6-15(17)16-11-10-14(25(29)30)12-19(16)23(22)28-24;25-13-6-8-20-17(10-13)19(11-26-20)23-27-21-16-4-2-1-3-14(16)15-7-5-12(24(29)30)9-18(15)22(21)28-23;28-24(29)13-9-10-15-14-5-1-2-7-17(14)21-22(18(15)11-13)27-23(26-21)19-12-25-20-8-4-3-6-16(19)20;24-12-5-7-15-14-3-1-2-4-16(14)21-22(18(15)10-12)28-23(27-21)19-11-26-20-8-6-13(25)9-17(19)20;1-25-15-12-10-14(11-13-15)22-23-20-18-8-4-2-6-16(18)17-7-3-5-9-19(17)21(20)24-22/h2-12,26H,1H3,(H,27,28)(H,29,30);1-11,26H,(H,27,28)(H,29,30);1-12,25H,(H,26,27)(H,28,29);1-11,26H,(H,27,28);2-13H,1H3,(H,23,24). The summed E-state index contributed by atoms with van der Waals surface area (Å²) >= 11 is 12.5. The molecule has 142 heavy (non-hydrogen) atoms. The van der Waals surface area contributed by atoms with Gasteiger partial charge in [-0.2, -0.15) is 0 Å². The van der Waals surface area contributed by atoms with Crippen LogP contribution in [0, 0.1) is 6.92 Å². The molecule has 0 saturated heterocycles. The number of H-pyrrole nitrogens is 9. The summed E-state index contributed by atoms with van der Waals surface area (Å²) in [5.74, 6) is 1.24. The molecule has 0 aliphatic heterocycles. The molecule has 0 bridgehead atoms. The lowest BCUT2D eigenvalue weighted by atomic mass is 9.98. The molecule has 24 heteroatoms. The molecule has 0 amide bonds. The number of nitrogens with zero attached hydrogens (tertiary/aromatic N) is 5. The zero-order valence-electron chi connectivity index (χ0n) is 75.3. The van der Waals surface area contributed by atoms with Gasteiger partial charge in [0.05, 0.1) is 71.9 Å². The zero-order chi connectivity index (χ0) is 96.0. The van der Waals surface area contributed by atoms with E-state index in [0.717, 1.165) is 245 Å². The number of aromatic carboxylic acids is 3. The number of carboxylic acids is 3. The summed E-state index contributed by atoms with van der Waals surface area (Å²) in [5, 5.41) is 54.4. The van der Waals surface area contributed by atoms with Gasteiger partial charge in [-0.1, -0.05) is 266 Å². The number of carbonyl (C=O) groups is 3. The first-order chi connectivity index (χ1) is 69.4. The molecule has 0 spiro atoms. The number of aromatic amines is 9. The number of hydrogen-bond acceptors (Lipinski definition) is 9. The molecule has 20 aromatic carbocycles. The lowest BCUT2D eigenvalue weighted by molar-refractivity contribution is 0.0686. The van der Waals surface area contributed by atoms with Gasteiger partial charge in [-0.25, -0.2) is 39.3 Å². The maximum absolute atomic E-state index is 11.6. The third-order valence-corrected chi connectivity index (χ3v) is 29.3. The van der Waals surface area contributed by atoms with Crippen molar-refractivity contribution in [3.05, 3.63) is 382 Å². The van der Waals surface area contributed by atoms with E-state index >= 15 is 0 Å². The van der Waals surface area contributed by atoms with E-state index in [1.54, 1.807) is 48.2 Å². The Hall–Kier alpha value is -17.3. The van der Waals surface area contributed by atoms with Crippen molar-refractivity contribution in [3.63, 3.8) is 0 Å². The van der Waals surface area contributed by atoms with E-state index in [4.69, 9.17) is 24.9 Å². The van der Waals surface area contributed by atoms with Gasteiger partial charge in [0.15, 0.2) is 0 Å². The SMILES string of the molecule is Brc1ccc2[nH]cc(-c3nc4c5cc(Br)ccc5c5ccccc5c4[nH]3)c2c1.CSc1ccc(-c2nc3c4ccccc4c4ccccc4c3[nH]2)cc1.Cc1[nH]c2ccccc2c1-c1nc2c3cc(C(=O)O)ccc3c3ccccc3c2[nH]1.O=C(O)c1ccc2c3ccccc3c3[nH]c(-c4c[nH]c5ccc(Br)cc45)nc3c2c1.O=C(O)c1ccc2c3ccccc3c3[nH]c(-c4c[nH]c5ccccc45)nc3c2c1. The number of aryl methyl sites for hydroxylation is 1. The Bertz CT molecular complexity index is 10300. The van der Waals surface area contributed by atoms with Gasteiger partial charge in [0.25, 0.3) is 0 Å². The maximum atomic E-state index is 11.6. The number of thioether (sulfide) groups is 1. The number of rotatable bonds is 9. The van der Waals surface area contributed by atoms with Gasteiger partial charge in [-0.15, -0.1) is 11.8 Å². The topological polar surface area (TPSA) is 318 Å². The van der Waals surface area contributed by atoms with Crippen molar-refractivity contribution in [3.8, 4) is 56.9 Å². The third kappa shape index (κ3) is 14.7. The Morgan fingerprint density at radius 2 is 0.528 bits per heavy atom. The fourth-order valence-corrected chi connectivity index (χ4v) is 22.0. The van der Waals surface area contributed by atoms with E-state index in [1.165, 1.54) is 42.6 Å². The minimum absolute atomic E-state index is 0.250. The number of carboxylic acid groups (broad SMARTS) is 3. The smallest absolute Gasteiger partial charge is 0.335 e. The van der Waals surface area contributed by atoms with Crippen LogP contribution in [0.15, 0.2) is 364 Å². The number of aromatic nitrogens is 14.